The topological polar surface area (TPSA) is 87.2 Å². The summed E-state index contributed by atoms with van der Waals surface area (Å²) in [5, 5.41) is 5.95. The number of nitrogens with one attached hydrogen (secondary N) is 2. The number of aromatic nitrogens is 2. The number of alkyl halides is 3. The Bertz CT molecular complexity index is 1370. The van der Waals surface area contributed by atoms with Gasteiger partial charge in [0.1, 0.15) is 0 Å². The zero-order valence-corrected chi connectivity index (χ0v) is 21.5. The maximum atomic E-state index is 13.0. The van der Waals surface area contributed by atoms with Gasteiger partial charge in [-0.3, -0.25) is 15.1 Å². The molecule has 0 aliphatic carbocycles. The summed E-state index contributed by atoms with van der Waals surface area (Å²) in [6.45, 7) is 5.36. The van der Waals surface area contributed by atoms with Gasteiger partial charge in [-0.2, -0.15) is 13.2 Å². The molecule has 1 aliphatic heterocycles. The van der Waals surface area contributed by atoms with E-state index in [-0.39, 0.29) is 23.9 Å². The lowest BCUT2D eigenvalue weighted by Crippen LogP contribution is -2.35. The second-order valence-electron chi connectivity index (χ2n) is 8.87. The molecule has 1 aromatic carbocycles. The van der Waals surface area contributed by atoms with E-state index in [0.29, 0.717) is 27.7 Å². The summed E-state index contributed by atoms with van der Waals surface area (Å²) in [4.78, 5) is 35.9. The molecular weight excluding hydrogens is 515 g/mol. The van der Waals surface area contributed by atoms with Crippen molar-refractivity contribution in [3.63, 3.8) is 0 Å². The lowest BCUT2D eigenvalue weighted by molar-refractivity contribution is -0.137. The summed E-state index contributed by atoms with van der Waals surface area (Å²) >= 11 is 1.23. The smallest absolute Gasteiger partial charge is 0.337 e. The molecule has 38 heavy (non-hydrogen) atoms. The number of hydrogen-bond donors (Lipinski definition) is 2. The zero-order chi connectivity index (χ0) is 27.1. The number of amides is 2. The van der Waals surface area contributed by atoms with E-state index < -0.39 is 11.7 Å². The zero-order valence-electron chi connectivity index (χ0n) is 20.7. The monoisotopic (exact) mass is 541 g/mol. The number of urea groups is 1. The first kappa shape index (κ1) is 27.3. The third kappa shape index (κ3) is 7.63. The SMILES string of the molecule is Cc1ccc(C(=O)Cc2cc(C(F)(F)F)ccn2)cc1C#Cc1cnc(NC(=O)NCCN2CCCC2)s1. The molecule has 0 spiro atoms. The van der Waals surface area contributed by atoms with Crippen LogP contribution in [0.4, 0.5) is 23.1 Å². The summed E-state index contributed by atoms with van der Waals surface area (Å²) in [5.41, 5.74) is 0.977. The van der Waals surface area contributed by atoms with E-state index in [1.165, 1.54) is 24.2 Å². The van der Waals surface area contributed by atoms with Gasteiger partial charge in [-0.15, -0.1) is 0 Å². The van der Waals surface area contributed by atoms with Crippen molar-refractivity contribution >= 4 is 28.3 Å². The minimum atomic E-state index is -4.50. The number of rotatable bonds is 7. The molecule has 4 rings (SSSR count). The molecule has 0 bridgehead atoms. The second-order valence-corrected chi connectivity index (χ2v) is 9.90. The fourth-order valence-corrected chi connectivity index (χ4v) is 4.61. The van der Waals surface area contributed by atoms with Crippen molar-refractivity contribution in [3.8, 4) is 11.8 Å². The summed E-state index contributed by atoms with van der Waals surface area (Å²) in [7, 11) is 0. The fourth-order valence-electron chi connectivity index (χ4n) is 3.94. The van der Waals surface area contributed by atoms with Crippen LogP contribution in [0.15, 0.2) is 42.7 Å². The van der Waals surface area contributed by atoms with Gasteiger partial charge in [0.25, 0.3) is 0 Å². The van der Waals surface area contributed by atoms with Gasteiger partial charge >= 0.3 is 12.2 Å². The molecular formula is C27H26F3N5O2S. The van der Waals surface area contributed by atoms with Crippen molar-refractivity contribution in [1.29, 1.82) is 0 Å². The molecule has 0 radical (unpaired) electrons. The van der Waals surface area contributed by atoms with E-state index in [0.717, 1.165) is 43.5 Å². The lowest BCUT2D eigenvalue weighted by Gasteiger charge is -2.14. The van der Waals surface area contributed by atoms with Crippen LogP contribution in [0.3, 0.4) is 0 Å². The molecule has 0 unspecified atom stereocenters. The Morgan fingerprint density at radius 2 is 1.89 bits per heavy atom. The molecule has 1 saturated heterocycles. The first-order valence-electron chi connectivity index (χ1n) is 12.1. The van der Waals surface area contributed by atoms with Gasteiger partial charge in [0.15, 0.2) is 10.9 Å². The summed E-state index contributed by atoms with van der Waals surface area (Å²) < 4.78 is 38.9. The van der Waals surface area contributed by atoms with Gasteiger partial charge in [0.05, 0.1) is 23.1 Å². The minimum absolute atomic E-state index is 0.0443. The number of benzene rings is 1. The van der Waals surface area contributed by atoms with Crippen molar-refractivity contribution in [2.24, 2.45) is 0 Å². The number of nitrogens with zero attached hydrogens (tertiary/aromatic N) is 3. The van der Waals surface area contributed by atoms with Crippen LogP contribution < -0.4 is 10.6 Å². The number of likely N-dealkylation sites (tertiary alicyclic amines) is 1. The highest BCUT2D eigenvalue weighted by atomic mass is 32.1. The van der Waals surface area contributed by atoms with E-state index in [2.05, 4.69) is 37.3 Å². The third-order valence-electron chi connectivity index (χ3n) is 6.00. The van der Waals surface area contributed by atoms with Gasteiger partial charge < -0.3 is 10.2 Å². The Balaban J connectivity index is 1.36. The summed E-state index contributed by atoms with van der Waals surface area (Å²) in [5.74, 6) is 5.65. The Labute approximate surface area is 222 Å². The van der Waals surface area contributed by atoms with Crippen LogP contribution in [0.1, 0.15) is 50.5 Å². The molecule has 1 fully saturated rings. The van der Waals surface area contributed by atoms with E-state index in [1.54, 1.807) is 24.4 Å². The molecule has 11 heteroatoms. The normalized spacial score (nSPS) is 13.6. The average molecular weight is 542 g/mol. The Morgan fingerprint density at radius 1 is 1.11 bits per heavy atom. The highest BCUT2D eigenvalue weighted by Gasteiger charge is 2.30. The highest BCUT2D eigenvalue weighted by molar-refractivity contribution is 7.16. The third-order valence-corrected chi connectivity index (χ3v) is 6.83. The first-order valence-corrected chi connectivity index (χ1v) is 12.9. The van der Waals surface area contributed by atoms with E-state index in [4.69, 9.17) is 0 Å². The molecule has 1 aliphatic rings. The van der Waals surface area contributed by atoms with Crippen molar-refractivity contribution in [3.05, 3.63) is 75.6 Å². The fraction of sp³-hybridized carbons (Fsp3) is 0.333. The standard InChI is InChI=1S/C27H26F3N5O2S/c1-18-4-5-20(24(36)16-22-15-21(8-9-31-22)27(28,29)30)14-19(18)6-7-23-17-33-26(38-23)34-25(37)32-10-13-35-11-2-3-12-35/h4-5,8-9,14-15,17H,2-3,10-13,16H2,1H3,(H2,32,33,34,37). The highest BCUT2D eigenvalue weighted by Crippen LogP contribution is 2.29. The molecule has 2 N–H and O–H groups in total. The molecule has 0 atom stereocenters. The van der Waals surface area contributed by atoms with Crippen LogP contribution in [0.5, 0.6) is 0 Å². The Morgan fingerprint density at radius 3 is 2.66 bits per heavy atom. The summed E-state index contributed by atoms with van der Waals surface area (Å²) in [6, 6.07) is 6.41. The van der Waals surface area contributed by atoms with Crippen molar-refractivity contribution in [2.75, 3.05) is 31.5 Å². The van der Waals surface area contributed by atoms with Crippen LogP contribution in [0, 0.1) is 18.8 Å². The maximum Gasteiger partial charge on any atom is 0.416 e. The molecule has 0 saturated carbocycles. The number of pyridine rings is 1. The number of halogens is 3. The quantitative estimate of drug-likeness (QED) is 0.328. The van der Waals surface area contributed by atoms with Gasteiger partial charge in [-0.1, -0.05) is 29.4 Å². The molecule has 198 valence electrons. The molecule has 3 aromatic rings. The number of Topliss-reactive ketones (excluding diaryl/α,β-unsaturated/α-hetero) is 1. The van der Waals surface area contributed by atoms with Gasteiger partial charge in [-0.25, -0.2) is 9.78 Å². The number of ketones is 1. The van der Waals surface area contributed by atoms with Crippen LogP contribution in [-0.4, -0.2) is 52.9 Å². The molecule has 2 aromatic heterocycles. The molecule has 3 heterocycles. The number of carbonyl (C=O) groups is 2. The van der Waals surface area contributed by atoms with Crippen molar-refractivity contribution < 1.29 is 22.8 Å². The Kier molecular flexibility index (Phi) is 8.76. The van der Waals surface area contributed by atoms with E-state index in [9.17, 15) is 22.8 Å². The number of aryl methyl sites for hydroxylation is 1. The van der Waals surface area contributed by atoms with Crippen molar-refractivity contribution in [2.45, 2.75) is 32.4 Å². The van der Waals surface area contributed by atoms with Gasteiger partial charge in [-0.05, 0) is 62.5 Å². The van der Waals surface area contributed by atoms with Crippen LogP contribution in [0.2, 0.25) is 0 Å². The summed E-state index contributed by atoms with van der Waals surface area (Å²) in [6.07, 6.45) is 0.245. The van der Waals surface area contributed by atoms with Crippen LogP contribution >= 0.6 is 11.3 Å². The average Bonchev–Trinajstić information content (AvgIpc) is 3.55. The van der Waals surface area contributed by atoms with E-state index >= 15 is 0 Å². The lowest BCUT2D eigenvalue weighted by atomic mass is 10.00. The molecule has 7 nitrogen and oxygen atoms in total. The maximum absolute atomic E-state index is 13.0. The van der Waals surface area contributed by atoms with E-state index in [1.807, 2.05) is 6.92 Å². The predicted octanol–water partition coefficient (Wildman–Crippen LogP) is 4.91. The molecule has 2 amide bonds. The van der Waals surface area contributed by atoms with Crippen LogP contribution in [0.25, 0.3) is 0 Å². The second kappa shape index (κ2) is 12.2. The number of hydrogen-bond acceptors (Lipinski definition) is 6. The van der Waals surface area contributed by atoms with Gasteiger partial charge in [0, 0.05) is 36.1 Å². The minimum Gasteiger partial charge on any atom is -0.337 e. The van der Waals surface area contributed by atoms with Crippen molar-refractivity contribution in [1.82, 2.24) is 20.2 Å². The van der Waals surface area contributed by atoms with Gasteiger partial charge in [0.2, 0.25) is 0 Å². The number of anilines is 1. The Hall–Kier alpha value is -3.75. The van der Waals surface area contributed by atoms with Crippen LogP contribution in [-0.2, 0) is 12.6 Å². The predicted molar refractivity (Wildman–Crippen MR) is 139 cm³/mol. The first-order chi connectivity index (χ1) is 18.2. The largest absolute Gasteiger partial charge is 0.416 e. The number of thiazole rings is 1. The number of carbonyl (C=O) groups excluding carboxylic acids is 2.